The van der Waals surface area contributed by atoms with Crippen molar-refractivity contribution in [3.05, 3.63) is 0 Å². The number of nitrogens with one attached hydrogen (secondary N) is 1. The van der Waals surface area contributed by atoms with Gasteiger partial charge in [0, 0.05) is 19.9 Å². The van der Waals surface area contributed by atoms with Gasteiger partial charge in [0.2, 0.25) is 0 Å². The summed E-state index contributed by atoms with van der Waals surface area (Å²) in [5.41, 5.74) is 7.19. The van der Waals surface area contributed by atoms with Gasteiger partial charge in [-0.25, -0.2) is 10.2 Å². The molecule has 0 fully saturated rings. The van der Waals surface area contributed by atoms with E-state index >= 15 is 0 Å². The number of hydrogen-bond donors (Lipinski definition) is 2. The van der Waals surface area contributed by atoms with Crippen molar-refractivity contribution < 1.29 is 18.4 Å². The summed E-state index contributed by atoms with van der Waals surface area (Å²) in [5.74, 6) is 0. The molecule has 0 spiro atoms. The Kier molecular flexibility index (Phi) is 5.37. The van der Waals surface area contributed by atoms with E-state index in [1.54, 1.807) is 6.92 Å². The van der Waals surface area contributed by atoms with Gasteiger partial charge in [-0.05, 0) is 6.92 Å². The normalized spacial score (nSPS) is 12.6. The molecule has 0 radical (unpaired) electrons. The molecular weight excluding hydrogens is 209 g/mol. The fourth-order valence-electron chi connectivity index (χ4n) is 0.670. The Hall–Kier alpha value is -0.910. The van der Waals surface area contributed by atoms with Gasteiger partial charge in [-0.2, -0.15) is 5.10 Å². The molecule has 0 bridgehead atoms. The molecule has 0 aromatic carbocycles. The van der Waals surface area contributed by atoms with Crippen molar-refractivity contribution in [2.45, 2.75) is 6.92 Å². The van der Waals surface area contributed by atoms with Gasteiger partial charge >= 0.3 is 13.6 Å². The number of hydrazone groups is 1. The SMILES string of the molecule is COP(=O)(C/C(C)=N\NC(N)=O)OC. The van der Waals surface area contributed by atoms with Crippen molar-refractivity contribution in [2.75, 3.05) is 20.4 Å². The van der Waals surface area contributed by atoms with Crippen LogP contribution in [-0.4, -0.2) is 32.1 Å². The maximum Gasteiger partial charge on any atom is 0.335 e. The van der Waals surface area contributed by atoms with Crippen LogP contribution in [-0.2, 0) is 13.6 Å². The molecule has 0 rings (SSSR count). The number of hydrogen-bond acceptors (Lipinski definition) is 5. The van der Waals surface area contributed by atoms with E-state index in [9.17, 15) is 9.36 Å². The first kappa shape index (κ1) is 13.1. The Morgan fingerprint density at radius 3 is 2.36 bits per heavy atom. The van der Waals surface area contributed by atoms with Gasteiger partial charge in [0.05, 0.1) is 6.16 Å². The van der Waals surface area contributed by atoms with Gasteiger partial charge in [0.25, 0.3) is 0 Å². The molecule has 0 aliphatic rings. The molecule has 0 aromatic rings. The van der Waals surface area contributed by atoms with Crippen LogP contribution in [0.4, 0.5) is 4.79 Å². The minimum Gasteiger partial charge on any atom is -0.350 e. The van der Waals surface area contributed by atoms with Crippen LogP contribution in [0.1, 0.15) is 6.92 Å². The minimum absolute atomic E-state index is 0.000278. The Labute approximate surface area is 82.2 Å². The summed E-state index contributed by atoms with van der Waals surface area (Å²) in [4.78, 5) is 10.3. The zero-order chi connectivity index (χ0) is 11.2. The van der Waals surface area contributed by atoms with Crippen LogP contribution in [0.2, 0.25) is 0 Å². The van der Waals surface area contributed by atoms with Gasteiger partial charge in [-0.15, -0.1) is 0 Å². The van der Waals surface area contributed by atoms with Gasteiger partial charge in [0.1, 0.15) is 0 Å². The molecule has 3 N–H and O–H groups in total. The third-order valence-corrected chi connectivity index (χ3v) is 3.29. The van der Waals surface area contributed by atoms with Gasteiger partial charge < -0.3 is 14.8 Å². The monoisotopic (exact) mass is 223 g/mol. The number of carbonyl (C=O) groups excluding carboxylic acids is 1. The zero-order valence-electron chi connectivity index (χ0n) is 8.31. The average Bonchev–Trinajstić information content (AvgIpc) is 2.14. The molecule has 82 valence electrons. The van der Waals surface area contributed by atoms with Crippen LogP contribution in [0.15, 0.2) is 5.10 Å². The highest BCUT2D eigenvalue weighted by atomic mass is 31.2. The van der Waals surface area contributed by atoms with E-state index in [2.05, 4.69) is 14.1 Å². The zero-order valence-corrected chi connectivity index (χ0v) is 9.21. The number of nitrogens with zero attached hydrogens (tertiary/aromatic N) is 1. The number of carbonyl (C=O) groups is 1. The van der Waals surface area contributed by atoms with E-state index in [1.165, 1.54) is 14.2 Å². The number of primary amides is 1. The van der Waals surface area contributed by atoms with Crippen molar-refractivity contribution in [3.8, 4) is 0 Å². The van der Waals surface area contributed by atoms with Crippen LogP contribution < -0.4 is 11.2 Å². The Bertz CT molecular complexity index is 270. The summed E-state index contributed by atoms with van der Waals surface area (Å²) in [5, 5.41) is 3.56. The molecule has 2 amide bonds. The first-order valence-electron chi connectivity index (χ1n) is 3.72. The largest absolute Gasteiger partial charge is 0.350 e. The van der Waals surface area contributed by atoms with Crippen molar-refractivity contribution >= 4 is 19.3 Å². The van der Waals surface area contributed by atoms with Crippen molar-refractivity contribution in [1.82, 2.24) is 5.43 Å². The summed E-state index contributed by atoms with van der Waals surface area (Å²) >= 11 is 0. The molecule has 0 aliphatic carbocycles. The lowest BCUT2D eigenvalue weighted by Crippen LogP contribution is -2.26. The molecule has 0 aliphatic heterocycles. The Morgan fingerprint density at radius 2 is 2.00 bits per heavy atom. The quantitative estimate of drug-likeness (QED) is 0.402. The maximum absolute atomic E-state index is 11.5. The Balaban J connectivity index is 4.29. The van der Waals surface area contributed by atoms with Crippen LogP contribution in [0.5, 0.6) is 0 Å². The number of urea groups is 1. The highest BCUT2D eigenvalue weighted by molar-refractivity contribution is 7.54. The summed E-state index contributed by atoms with van der Waals surface area (Å²) in [6, 6.07) is -0.783. The molecule has 0 atom stereocenters. The van der Waals surface area contributed by atoms with Gasteiger partial charge in [-0.1, -0.05) is 0 Å². The summed E-state index contributed by atoms with van der Waals surface area (Å²) in [6.45, 7) is 1.57. The van der Waals surface area contributed by atoms with E-state index in [1.807, 2.05) is 5.43 Å². The minimum atomic E-state index is -3.12. The maximum atomic E-state index is 11.5. The van der Waals surface area contributed by atoms with Crippen LogP contribution in [0, 0.1) is 0 Å². The van der Waals surface area contributed by atoms with Crippen LogP contribution in [0.25, 0.3) is 0 Å². The number of nitrogens with two attached hydrogens (primary N) is 1. The molecule has 14 heavy (non-hydrogen) atoms. The molecular formula is C6H14N3O4P. The van der Waals surface area contributed by atoms with Crippen LogP contribution in [0.3, 0.4) is 0 Å². The fraction of sp³-hybridized carbons (Fsp3) is 0.667. The van der Waals surface area contributed by atoms with Gasteiger partial charge in [-0.3, -0.25) is 4.57 Å². The summed E-state index contributed by atoms with van der Waals surface area (Å²) < 4.78 is 20.9. The highest BCUT2D eigenvalue weighted by Crippen LogP contribution is 2.45. The predicted molar refractivity (Wildman–Crippen MR) is 52.3 cm³/mol. The van der Waals surface area contributed by atoms with Crippen LogP contribution >= 0.6 is 7.60 Å². The highest BCUT2D eigenvalue weighted by Gasteiger charge is 2.22. The molecule has 0 unspecified atom stereocenters. The second kappa shape index (κ2) is 5.74. The standard InChI is InChI=1S/C6H14N3O4P/c1-5(8-9-6(7)10)4-14(11,12-2)13-3/h4H2,1-3H3,(H3,7,9,10)/b8-5-. The molecule has 8 heteroatoms. The van der Waals surface area contributed by atoms with Crippen molar-refractivity contribution in [1.29, 1.82) is 0 Å². The molecule has 0 aromatic heterocycles. The summed E-state index contributed by atoms with van der Waals surface area (Å²) in [6.07, 6.45) is 0.000278. The number of rotatable bonds is 5. The second-order valence-electron chi connectivity index (χ2n) is 2.46. The van der Waals surface area contributed by atoms with E-state index in [0.29, 0.717) is 5.71 Å². The lowest BCUT2D eigenvalue weighted by Gasteiger charge is -2.12. The fourth-order valence-corrected chi connectivity index (χ4v) is 1.71. The predicted octanol–water partition coefficient (Wildman–Crippen LogP) is 0.516. The van der Waals surface area contributed by atoms with E-state index in [0.717, 1.165) is 0 Å². The molecule has 0 saturated carbocycles. The van der Waals surface area contributed by atoms with E-state index in [-0.39, 0.29) is 6.16 Å². The lowest BCUT2D eigenvalue weighted by molar-refractivity contribution is 0.249. The second-order valence-corrected chi connectivity index (χ2v) is 4.73. The lowest BCUT2D eigenvalue weighted by atomic mass is 10.5. The van der Waals surface area contributed by atoms with Crippen molar-refractivity contribution in [3.63, 3.8) is 0 Å². The van der Waals surface area contributed by atoms with E-state index < -0.39 is 13.6 Å². The molecule has 7 nitrogen and oxygen atoms in total. The topological polar surface area (TPSA) is 103 Å². The third-order valence-electron chi connectivity index (χ3n) is 1.34. The van der Waals surface area contributed by atoms with Gasteiger partial charge in [0.15, 0.2) is 0 Å². The first-order valence-corrected chi connectivity index (χ1v) is 5.45. The molecule has 0 heterocycles. The number of amides is 2. The Morgan fingerprint density at radius 1 is 1.50 bits per heavy atom. The average molecular weight is 223 g/mol. The first-order chi connectivity index (χ1) is 6.43. The third kappa shape index (κ3) is 4.96. The smallest absolute Gasteiger partial charge is 0.335 e. The van der Waals surface area contributed by atoms with Crippen molar-refractivity contribution in [2.24, 2.45) is 10.8 Å². The van der Waals surface area contributed by atoms with E-state index in [4.69, 9.17) is 5.73 Å². The summed E-state index contributed by atoms with van der Waals surface area (Å²) in [7, 11) is -0.566. The molecule has 0 saturated heterocycles.